The van der Waals surface area contributed by atoms with Gasteiger partial charge in [0, 0.05) is 30.2 Å². The molecular formula is C21H19F3N4O3. The molecule has 0 bridgehead atoms. The highest BCUT2D eigenvalue weighted by atomic mass is 19.2. The number of halogens is 3. The van der Waals surface area contributed by atoms with Gasteiger partial charge in [0.2, 0.25) is 5.91 Å². The Kier molecular flexibility index (Phi) is 6.77. The fraction of sp³-hybridized carbons (Fsp3) is 0.286. The summed E-state index contributed by atoms with van der Waals surface area (Å²) in [6, 6.07) is 8.10. The average Bonchev–Trinajstić information content (AvgIpc) is 3.11. The van der Waals surface area contributed by atoms with Crippen LogP contribution in [0, 0.1) is 28.8 Å². The maximum atomic E-state index is 14.8. The minimum Gasteiger partial charge on any atom is -0.442 e. The van der Waals surface area contributed by atoms with Crippen LogP contribution in [0.3, 0.4) is 0 Å². The van der Waals surface area contributed by atoms with E-state index in [9.17, 15) is 22.8 Å². The number of nitrogens with zero attached hydrogens (tertiary/aromatic N) is 2. The molecule has 0 radical (unpaired) electrons. The number of anilines is 1. The molecule has 1 heterocycles. The van der Waals surface area contributed by atoms with Crippen LogP contribution in [-0.2, 0) is 16.1 Å². The number of nitriles is 1. The highest BCUT2D eigenvalue weighted by molar-refractivity contribution is 5.90. The molecule has 10 heteroatoms. The number of hydrogen-bond acceptors (Lipinski definition) is 5. The number of hydrogen-bond donors (Lipinski definition) is 2. The summed E-state index contributed by atoms with van der Waals surface area (Å²) in [5.74, 6) is -3.45. The normalized spacial score (nSPS) is 15.5. The van der Waals surface area contributed by atoms with Crippen molar-refractivity contribution in [2.24, 2.45) is 0 Å². The number of benzene rings is 2. The molecule has 2 aromatic rings. The van der Waals surface area contributed by atoms with Crippen molar-refractivity contribution in [3.63, 3.8) is 0 Å². The molecule has 1 saturated heterocycles. The second kappa shape index (κ2) is 9.49. The third-order valence-corrected chi connectivity index (χ3v) is 4.69. The fourth-order valence-corrected chi connectivity index (χ4v) is 3.17. The monoisotopic (exact) mass is 432 g/mol. The zero-order valence-electron chi connectivity index (χ0n) is 16.5. The molecule has 2 aromatic carbocycles. The van der Waals surface area contributed by atoms with Crippen LogP contribution in [0.15, 0.2) is 30.3 Å². The lowest BCUT2D eigenvalue weighted by Gasteiger charge is -2.15. The quantitative estimate of drug-likeness (QED) is 0.518. The minimum atomic E-state index is -1.21. The third kappa shape index (κ3) is 4.95. The van der Waals surface area contributed by atoms with Gasteiger partial charge in [0.15, 0.2) is 11.6 Å². The van der Waals surface area contributed by atoms with Crippen LogP contribution < -0.4 is 15.5 Å². The Balaban J connectivity index is 1.80. The molecule has 2 amide bonds. The van der Waals surface area contributed by atoms with Gasteiger partial charge in [-0.05, 0) is 18.2 Å². The summed E-state index contributed by atoms with van der Waals surface area (Å²) in [6.45, 7) is 1.49. The highest BCUT2D eigenvalue weighted by Crippen LogP contribution is 2.32. The van der Waals surface area contributed by atoms with Crippen LogP contribution >= 0.6 is 0 Å². The zero-order chi connectivity index (χ0) is 22.5. The molecule has 0 aromatic heterocycles. The second-order valence-corrected chi connectivity index (χ2v) is 6.88. The van der Waals surface area contributed by atoms with Gasteiger partial charge in [-0.2, -0.15) is 5.26 Å². The van der Waals surface area contributed by atoms with E-state index in [1.165, 1.54) is 36.1 Å². The van der Waals surface area contributed by atoms with Crippen LogP contribution in [0.2, 0.25) is 0 Å². The van der Waals surface area contributed by atoms with E-state index in [1.807, 2.05) is 6.07 Å². The molecule has 1 fully saturated rings. The molecule has 0 saturated carbocycles. The SMILES string of the molecule is CC(=O)NC[C@H]1CN(c2ccc(-c3ccc(CNCC#N)c(F)c3F)c(F)c2)C(=O)O1. The molecule has 0 aliphatic carbocycles. The van der Waals surface area contributed by atoms with Gasteiger partial charge in [-0.1, -0.05) is 12.1 Å². The summed E-state index contributed by atoms with van der Waals surface area (Å²) < 4.78 is 48.8. The number of ether oxygens (including phenoxy) is 1. The summed E-state index contributed by atoms with van der Waals surface area (Å²) in [6.07, 6.45) is -1.29. The van der Waals surface area contributed by atoms with Crippen molar-refractivity contribution in [2.75, 3.05) is 24.5 Å². The van der Waals surface area contributed by atoms with Gasteiger partial charge in [0.1, 0.15) is 11.9 Å². The molecule has 1 aliphatic rings. The van der Waals surface area contributed by atoms with Crippen LogP contribution in [0.1, 0.15) is 12.5 Å². The van der Waals surface area contributed by atoms with E-state index in [0.29, 0.717) is 0 Å². The standard InChI is InChI=1S/C21H19F3N4O3/c1-12(29)27-10-15-11-28(21(30)31-15)14-3-5-16(18(22)8-14)17-4-2-13(9-26-7-6-25)19(23)20(17)24/h2-5,8,15,26H,7,9-11H2,1H3,(H,27,29)/t15-/m0/s1. The van der Waals surface area contributed by atoms with E-state index in [0.717, 1.165) is 6.07 Å². The topological polar surface area (TPSA) is 94.5 Å². The Morgan fingerprint density at radius 3 is 2.65 bits per heavy atom. The molecule has 162 valence electrons. The van der Waals surface area contributed by atoms with Gasteiger partial charge < -0.3 is 15.4 Å². The summed E-state index contributed by atoms with van der Waals surface area (Å²) >= 11 is 0. The second-order valence-electron chi connectivity index (χ2n) is 6.88. The lowest BCUT2D eigenvalue weighted by atomic mass is 10.0. The van der Waals surface area contributed by atoms with Crippen molar-refractivity contribution < 1.29 is 27.5 Å². The van der Waals surface area contributed by atoms with Gasteiger partial charge in [-0.15, -0.1) is 0 Å². The number of carbonyl (C=O) groups excluding carboxylic acids is 2. The van der Waals surface area contributed by atoms with Gasteiger partial charge in [0.05, 0.1) is 31.4 Å². The number of cyclic esters (lactones) is 1. The first-order valence-electron chi connectivity index (χ1n) is 9.39. The predicted molar refractivity (Wildman–Crippen MR) is 105 cm³/mol. The fourth-order valence-electron chi connectivity index (χ4n) is 3.17. The van der Waals surface area contributed by atoms with Crippen molar-refractivity contribution >= 4 is 17.7 Å². The van der Waals surface area contributed by atoms with Crippen molar-refractivity contribution in [3.8, 4) is 17.2 Å². The molecular weight excluding hydrogens is 413 g/mol. The van der Waals surface area contributed by atoms with E-state index in [4.69, 9.17) is 10.00 Å². The Hall–Kier alpha value is -3.58. The molecule has 2 N–H and O–H groups in total. The Labute approximate surface area is 176 Å². The summed E-state index contributed by atoms with van der Waals surface area (Å²) in [5, 5.41) is 13.7. The van der Waals surface area contributed by atoms with E-state index in [2.05, 4.69) is 10.6 Å². The third-order valence-electron chi connectivity index (χ3n) is 4.69. The molecule has 3 rings (SSSR count). The van der Waals surface area contributed by atoms with Crippen molar-refractivity contribution in [1.82, 2.24) is 10.6 Å². The van der Waals surface area contributed by atoms with Crippen molar-refractivity contribution in [3.05, 3.63) is 53.3 Å². The summed E-state index contributed by atoms with van der Waals surface area (Å²) in [4.78, 5) is 24.3. The smallest absolute Gasteiger partial charge is 0.414 e. The van der Waals surface area contributed by atoms with Crippen LogP contribution in [-0.4, -0.2) is 37.7 Å². The van der Waals surface area contributed by atoms with Gasteiger partial charge >= 0.3 is 6.09 Å². The van der Waals surface area contributed by atoms with E-state index in [-0.39, 0.29) is 54.5 Å². The average molecular weight is 432 g/mol. The zero-order valence-corrected chi connectivity index (χ0v) is 16.5. The maximum Gasteiger partial charge on any atom is 0.414 e. The lowest BCUT2D eigenvalue weighted by molar-refractivity contribution is -0.119. The van der Waals surface area contributed by atoms with Crippen LogP contribution in [0.4, 0.5) is 23.7 Å². The number of rotatable bonds is 7. The molecule has 1 atom stereocenters. The number of amides is 2. The molecule has 31 heavy (non-hydrogen) atoms. The first-order valence-corrected chi connectivity index (χ1v) is 9.39. The lowest BCUT2D eigenvalue weighted by Crippen LogP contribution is -2.33. The predicted octanol–water partition coefficient (Wildman–Crippen LogP) is 2.85. The van der Waals surface area contributed by atoms with Gasteiger partial charge in [-0.25, -0.2) is 18.0 Å². The molecule has 7 nitrogen and oxygen atoms in total. The molecule has 0 spiro atoms. The van der Waals surface area contributed by atoms with E-state index in [1.54, 1.807) is 0 Å². The summed E-state index contributed by atoms with van der Waals surface area (Å²) in [5.41, 5.74) is -0.231. The highest BCUT2D eigenvalue weighted by Gasteiger charge is 2.33. The van der Waals surface area contributed by atoms with E-state index >= 15 is 0 Å². The van der Waals surface area contributed by atoms with Crippen LogP contribution in [0.25, 0.3) is 11.1 Å². The Morgan fingerprint density at radius 2 is 1.97 bits per heavy atom. The van der Waals surface area contributed by atoms with Gasteiger partial charge in [0.25, 0.3) is 0 Å². The van der Waals surface area contributed by atoms with Crippen molar-refractivity contribution in [1.29, 1.82) is 5.26 Å². The number of carbonyl (C=O) groups is 2. The Morgan fingerprint density at radius 1 is 1.23 bits per heavy atom. The first-order chi connectivity index (χ1) is 14.8. The Bertz CT molecular complexity index is 1050. The van der Waals surface area contributed by atoms with E-state index < -0.39 is 29.6 Å². The van der Waals surface area contributed by atoms with Gasteiger partial charge in [-0.3, -0.25) is 9.69 Å². The number of nitrogens with one attached hydrogen (secondary N) is 2. The van der Waals surface area contributed by atoms with Crippen LogP contribution in [0.5, 0.6) is 0 Å². The first kappa shape index (κ1) is 22.1. The maximum absolute atomic E-state index is 14.8. The largest absolute Gasteiger partial charge is 0.442 e. The molecule has 0 unspecified atom stereocenters. The summed E-state index contributed by atoms with van der Waals surface area (Å²) in [7, 11) is 0. The minimum absolute atomic E-state index is 0.0125. The van der Waals surface area contributed by atoms with Crippen molar-refractivity contribution in [2.45, 2.75) is 19.6 Å². The molecule has 1 aliphatic heterocycles.